The summed E-state index contributed by atoms with van der Waals surface area (Å²) in [7, 11) is 1.27. The maximum atomic E-state index is 14.3. The van der Waals surface area contributed by atoms with Crippen molar-refractivity contribution in [3.8, 4) is 5.75 Å². The molecule has 0 saturated heterocycles. The molecular weight excluding hydrogens is 293 g/mol. The molecule has 1 atom stereocenters. The first-order chi connectivity index (χ1) is 10.3. The van der Waals surface area contributed by atoms with E-state index < -0.39 is 23.7 Å². The average Bonchev–Trinajstić information content (AvgIpc) is 2.82. The van der Waals surface area contributed by atoms with Gasteiger partial charge in [0.15, 0.2) is 11.6 Å². The number of aliphatic carboxylic acids is 1. The molecule has 0 aliphatic rings. The minimum atomic E-state index is -1.16. The summed E-state index contributed by atoms with van der Waals surface area (Å²) < 4.78 is 19.4. The quantitative estimate of drug-likeness (QED) is 0.645. The van der Waals surface area contributed by atoms with Crippen molar-refractivity contribution in [1.29, 1.82) is 0 Å². The van der Waals surface area contributed by atoms with E-state index in [0.29, 0.717) is 22.0 Å². The second-order valence-corrected chi connectivity index (χ2v) is 4.92. The molecule has 0 aliphatic carbocycles. The number of primary amides is 1. The Morgan fingerprint density at radius 2 is 2.14 bits per heavy atom. The smallest absolute Gasteiger partial charge is 0.320 e. The molecular formula is C14H16FN3O4. The van der Waals surface area contributed by atoms with Crippen LogP contribution in [0.4, 0.5) is 4.39 Å². The van der Waals surface area contributed by atoms with Crippen LogP contribution in [0.5, 0.6) is 5.75 Å². The van der Waals surface area contributed by atoms with Crippen molar-refractivity contribution in [2.75, 3.05) is 7.11 Å². The number of amides is 1. The number of benzene rings is 1. The third-order valence-electron chi connectivity index (χ3n) is 3.57. The number of carbonyl (C=O) groups excluding carboxylic acids is 1. The largest absolute Gasteiger partial charge is 0.492 e. The van der Waals surface area contributed by atoms with Crippen LogP contribution in [0, 0.1) is 12.7 Å². The number of aromatic amines is 1. The number of methoxy groups -OCH3 is 1. The summed E-state index contributed by atoms with van der Waals surface area (Å²) in [6.45, 7) is 1.54. The summed E-state index contributed by atoms with van der Waals surface area (Å²) in [6, 6.07) is -1.12. The molecule has 0 bridgehead atoms. The zero-order valence-electron chi connectivity index (χ0n) is 12.1. The van der Waals surface area contributed by atoms with Crippen LogP contribution in [0.3, 0.4) is 0 Å². The molecule has 1 amide bonds. The molecule has 0 spiro atoms. The van der Waals surface area contributed by atoms with Gasteiger partial charge in [-0.3, -0.25) is 9.59 Å². The number of carboxylic acids is 1. The van der Waals surface area contributed by atoms with Gasteiger partial charge in [0.05, 0.1) is 18.2 Å². The standard InChI is InChI=1S/C14H16FN3O4/c1-5-8-6(3-7(16)14(20)21)4-18-11(8)12(22-2)10(15)9(5)13(17)19/h4,7,18H,3,16H2,1-2H3,(H2,17,19)(H,20,21). The summed E-state index contributed by atoms with van der Waals surface area (Å²) in [5, 5.41) is 9.41. The zero-order valence-corrected chi connectivity index (χ0v) is 12.1. The van der Waals surface area contributed by atoms with Crippen LogP contribution in [0.2, 0.25) is 0 Å². The number of aromatic nitrogens is 1. The van der Waals surface area contributed by atoms with Crippen molar-refractivity contribution in [3.63, 3.8) is 0 Å². The van der Waals surface area contributed by atoms with Gasteiger partial charge in [0.25, 0.3) is 5.91 Å². The number of H-pyrrole nitrogens is 1. The van der Waals surface area contributed by atoms with Gasteiger partial charge in [-0.25, -0.2) is 4.39 Å². The highest BCUT2D eigenvalue weighted by atomic mass is 19.1. The minimum absolute atomic E-state index is 0.0170. The molecule has 6 N–H and O–H groups in total. The Bertz CT molecular complexity index is 769. The Morgan fingerprint density at radius 3 is 2.64 bits per heavy atom. The van der Waals surface area contributed by atoms with Gasteiger partial charge in [-0.15, -0.1) is 0 Å². The lowest BCUT2D eigenvalue weighted by Crippen LogP contribution is -2.32. The molecule has 118 valence electrons. The second-order valence-electron chi connectivity index (χ2n) is 4.92. The van der Waals surface area contributed by atoms with Gasteiger partial charge in [-0.05, 0) is 18.1 Å². The Labute approximate surface area is 125 Å². The van der Waals surface area contributed by atoms with Crippen LogP contribution >= 0.6 is 0 Å². The Morgan fingerprint density at radius 1 is 1.50 bits per heavy atom. The lowest BCUT2D eigenvalue weighted by Gasteiger charge is -2.12. The zero-order chi connectivity index (χ0) is 16.6. The average molecular weight is 309 g/mol. The molecule has 7 nitrogen and oxygen atoms in total. The number of fused-ring (bicyclic) bond motifs is 1. The maximum absolute atomic E-state index is 14.3. The van der Waals surface area contributed by atoms with Crippen molar-refractivity contribution in [2.24, 2.45) is 11.5 Å². The van der Waals surface area contributed by atoms with Crippen LogP contribution < -0.4 is 16.2 Å². The lowest BCUT2D eigenvalue weighted by atomic mass is 9.97. The van der Waals surface area contributed by atoms with E-state index >= 15 is 0 Å². The van der Waals surface area contributed by atoms with Crippen molar-refractivity contribution >= 4 is 22.8 Å². The van der Waals surface area contributed by atoms with E-state index in [2.05, 4.69) is 4.98 Å². The van der Waals surface area contributed by atoms with Crippen molar-refractivity contribution in [2.45, 2.75) is 19.4 Å². The van der Waals surface area contributed by atoms with Crippen molar-refractivity contribution in [1.82, 2.24) is 4.98 Å². The van der Waals surface area contributed by atoms with Crippen LogP contribution in [-0.2, 0) is 11.2 Å². The van der Waals surface area contributed by atoms with E-state index in [1.807, 2.05) is 0 Å². The molecule has 0 saturated carbocycles. The SMILES string of the molecule is COc1c(F)c(C(N)=O)c(C)c2c(CC(N)C(=O)O)c[nH]c12. The number of hydrogen-bond donors (Lipinski definition) is 4. The van der Waals surface area contributed by atoms with Crippen molar-refractivity contribution < 1.29 is 23.8 Å². The first kappa shape index (κ1) is 15.8. The molecule has 1 aromatic heterocycles. The maximum Gasteiger partial charge on any atom is 0.320 e. The van der Waals surface area contributed by atoms with Gasteiger partial charge in [-0.2, -0.15) is 0 Å². The Kier molecular flexibility index (Phi) is 4.05. The highest BCUT2D eigenvalue weighted by Crippen LogP contribution is 2.36. The van der Waals surface area contributed by atoms with Crippen LogP contribution in [-0.4, -0.2) is 35.1 Å². The summed E-state index contributed by atoms with van der Waals surface area (Å²) >= 11 is 0. The molecule has 2 aromatic rings. The molecule has 0 aliphatic heterocycles. The molecule has 1 unspecified atom stereocenters. The molecule has 0 radical (unpaired) electrons. The summed E-state index contributed by atoms with van der Waals surface area (Å²) in [6.07, 6.45) is 1.54. The predicted octanol–water partition coefficient (Wildman–Crippen LogP) is 0.677. The molecule has 1 heterocycles. The molecule has 8 heteroatoms. The number of aryl methyl sites for hydroxylation is 1. The topological polar surface area (TPSA) is 131 Å². The Balaban J connectivity index is 2.76. The summed E-state index contributed by atoms with van der Waals surface area (Å²) in [5.74, 6) is -3.08. The number of rotatable bonds is 5. The van der Waals surface area contributed by atoms with E-state index in [-0.39, 0.29) is 17.7 Å². The van der Waals surface area contributed by atoms with Gasteiger partial charge in [0, 0.05) is 18.0 Å². The van der Waals surface area contributed by atoms with E-state index in [1.54, 1.807) is 0 Å². The number of nitrogens with one attached hydrogen (secondary N) is 1. The normalized spacial score (nSPS) is 12.4. The van der Waals surface area contributed by atoms with E-state index in [9.17, 15) is 14.0 Å². The van der Waals surface area contributed by atoms with Crippen LogP contribution in [0.1, 0.15) is 21.5 Å². The number of nitrogens with two attached hydrogens (primary N) is 2. The van der Waals surface area contributed by atoms with Gasteiger partial charge < -0.3 is 26.3 Å². The molecule has 0 fully saturated rings. The fraction of sp³-hybridized carbons (Fsp3) is 0.286. The van der Waals surface area contributed by atoms with Gasteiger partial charge in [0.1, 0.15) is 6.04 Å². The first-order valence-corrected chi connectivity index (χ1v) is 6.43. The fourth-order valence-corrected chi connectivity index (χ4v) is 2.55. The lowest BCUT2D eigenvalue weighted by molar-refractivity contribution is -0.138. The fourth-order valence-electron chi connectivity index (χ4n) is 2.55. The van der Waals surface area contributed by atoms with Crippen LogP contribution in [0.15, 0.2) is 6.20 Å². The number of carboxylic acid groups (broad SMARTS) is 1. The number of carbonyl (C=O) groups is 2. The van der Waals surface area contributed by atoms with E-state index in [0.717, 1.165) is 0 Å². The van der Waals surface area contributed by atoms with Crippen LogP contribution in [0.25, 0.3) is 10.9 Å². The van der Waals surface area contributed by atoms with Crippen molar-refractivity contribution in [3.05, 3.63) is 28.7 Å². The second kappa shape index (κ2) is 5.64. The summed E-state index contributed by atoms with van der Waals surface area (Å²) in [4.78, 5) is 25.3. The predicted molar refractivity (Wildman–Crippen MR) is 77.4 cm³/mol. The van der Waals surface area contributed by atoms with Gasteiger partial charge in [0.2, 0.25) is 0 Å². The minimum Gasteiger partial charge on any atom is -0.492 e. The molecule has 2 rings (SSSR count). The number of hydrogen-bond acceptors (Lipinski definition) is 4. The number of halogens is 1. The van der Waals surface area contributed by atoms with E-state index in [1.165, 1.54) is 20.2 Å². The monoisotopic (exact) mass is 309 g/mol. The Hall–Kier alpha value is -2.61. The number of ether oxygens (including phenoxy) is 1. The molecule has 22 heavy (non-hydrogen) atoms. The summed E-state index contributed by atoms with van der Waals surface area (Å²) in [5.41, 5.74) is 11.7. The van der Waals surface area contributed by atoms with Gasteiger partial charge in [-0.1, -0.05) is 0 Å². The third-order valence-corrected chi connectivity index (χ3v) is 3.57. The highest BCUT2D eigenvalue weighted by Gasteiger charge is 2.25. The highest BCUT2D eigenvalue weighted by molar-refractivity contribution is 6.03. The van der Waals surface area contributed by atoms with Gasteiger partial charge >= 0.3 is 5.97 Å². The molecule has 1 aromatic carbocycles. The first-order valence-electron chi connectivity index (χ1n) is 6.43. The third kappa shape index (κ3) is 2.37. The van der Waals surface area contributed by atoms with E-state index in [4.69, 9.17) is 21.3 Å².